The Morgan fingerprint density at radius 2 is 1.14 bits per heavy atom. The molecule has 0 fully saturated rings. The van der Waals surface area contributed by atoms with Crippen LogP contribution in [0.5, 0.6) is 0 Å². The summed E-state index contributed by atoms with van der Waals surface area (Å²) in [6, 6.07) is 29.9. The van der Waals surface area contributed by atoms with Crippen molar-refractivity contribution >= 4 is 34.9 Å². The molecule has 0 bridgehead atoms. The van der Waals surface area contributed by atoms with E-state index in [1.807, 2.05) is 6.07 Å². The Morgan fingerprint density at radius 1 is 0.622 bits per heavy atom. The number of ketones is 1. The van der Waals surface area contributed by atoms with Crippen LogP contribution in [0.2, 0.25) is 0 Å². The highest BCUT2D eigenvalue weighted by molar-refractivity contribution is 6.29. The van der Waals surface area contributed by atoms with Crippen LogP contribution in [0.3, 0.4) is 0 Å². The Hall–Kier alpha value is -4.84. The summed E-state index contributed by atoms with van der Waals surface area (Å²) >= 11 is 0. The Kier molecular flexibility index (Phi) is 6.47. The van der Waals surface area contributed by atoms with Gasteiger partial charge in [-0.05, 0) is 48.9 Å². The van der Waals surface area contributed by atoms with Crippen molar-refractivity contribution in [3.05, 3.63) is 131 Å². The van der Waals surface area contributed by atoms with Crippen molar-refractivity contribution in [2.75, 3.05) is 9.80 Å². The molecule has 182 valence electrons. The first kappa shape index (κ1) is 23.9. The van der Waals surface area contributed by atoms with E-state index in [4.69, 9.17) is 0 Å². The average Bonchev–Trinajstić information content (AvgIpc) is 2.96. The van der Waals surface area contributed by atoms with E-state index in [0.29, 0.717) is 27.9 Å². The van der Waals surface area contributed by atoms with Crippen LogP contribution in [-0.2, 0) is 4.79 Å². The lowest BCUT2D eigenvalue weighted by atomic mass is 9.96. The summed E-state index contributed by atoms with van der Waals surface area (Å²) in [6.07, 6.45) is 0.284. The molecule has 0 spiro atoms. The van der Waals surface area contributed by atoms with Crippen LogP contribution in [-0.4, -0.2) is 29.5 Å². The van der Waals surface area contributed by atoms with E-state index >= 15 is 0 Å². The third kappa shape index (κ3) is 4.34. The predicted molar refractivity (Wildman–Crippen MR) is 142 cm³/mol. The van der Waals surface area contributed by atoms with Crippen LogP contribution in [0.1, 0.15) is 50.0 Å². The Labute approximate surface area is 214 Å². The Balaban J connectivity index is 1.69. The van der Waals surface area contributed by atoms with E-state index in [0.717, 1.165) is 4.90 Å². The van der Waals surface area contributed by atoms with Gasteiger partial charge in [-0.25, -0.2) is 4.90 Å². The summed E-state index contributed by atoms with van der Waals surface area (Å²) in [5.74, 6) is -1.57. The number of hydrogen-bond acceptors (Lipinski definition) is 4. The zero-order valence-electron chi connectivity index (χ0n) is 20.2. The van der Waals surface area contributed by atoms with Gasteiger partial charge in [0.25, 0.3) is 17.7 Å². The largest absolute Gasteiger partial charge is 0.294 e. The second kappa shape index (κ2) is 10.0. The van der Waals surface area contributed by atoms with Crippen LogP contribution in [0.25, 0.3) is 0 Å². The molecule has 3 amide bonds. The fourth-order valence-corrected chi connectivity index (χ4v) is 4.60. The Morgan fingerprint density at radius 3 is 1.68 bits per heavy atom. The molecule has 0 N–H and O–H groups in total. The first-order valence-corrected chi connectivity index (χ1v) is 12.1. The Bertz CT molecular complexity index is 1480. The zero-order chi connectivity index (χ0) is 25.9. The van der Waals surface area contributed by atoms with Crippen molar-refractivity contribution in [1.29, 1.82) is 0 Å². The average molecular weight is 489 g/mol. The molecule has 4 aromatic carbocycles. The molecule has 0 unspecified atom stereocenters. The monoisotopic (exact) mass is 488 g/mol. The lowest BCUT2D eigenvalue weighted by Crippen LogP contribution is -2.57. The van der Waals surface area contributed by atoms with Gasteiger partial charge >= 0.3 is 0 Å². The second-order valence-electron chi connectivity index (χ2n) is 8.71. The van der Waals surface area contributed by atoms with Gasteiger partial charge in [0, 0.05) is 22.3 Å². The SMILES string of the molecule is CC[C@@H]1C(=O)N(C(=O)c2ccccc2)c2ccc(C(=O)c3ccccc3)cc2N1C(=O)c1ccccc1. The molecule has 1 atom stereocenters. The topological polar surface area (TPSA) is 74.8 Å². The summed E-state index contributed by atoms with van der Waals surface area (Å²) in [4.78, 5) is 56.9. The van der Waals surface area contributed by atoms with E-state index in [-0.39, 0.29) is 23.8 Å². The van der Waals surface area contributed by atoms with Crippen LogP contribution >= 0.6 is 0 Å². The van der Waals surface area contributed by atoms with Gasteiger partial charge in [-0.2, -0.15) is 0 Å². The first-order chi connectivity index (χ1) is 18.0. The van der Waals surface area contributed by atoms with Crippen LogP contribution in [0.15, 0.2) is 109 Å². The summed E-state index contributed by atoms with van der Waals surface area (Å²) in [6.45, 7) is 1.79. The number of fused-ring (bicyclic) bond motifs is 1. The minimum atomic E-state index is -0.921. The fraction of sp³-hybridized carbons (Fsp3) is 0.0968. The van der Waals surface area contributed by atoms with E-state index in [1.54, 1.807) is 110 Å². The van der Waals surface area contributed by atoms with Gasteiger partial charge in [0.1, 0.15) is 6.04 Å². The molecule has 0 saturated heterocycles. The summed E-state index contributed by atoms with van der Waals surface area (Å²) in [5.41, 5.74) is 2.21. The molecule has 1 aliphatic rings. The molecule has 0 aliphatic carbocycles. The second-order valence-corrected chi connectivity index (χ2v) is 8.71. The van der Waals surface area contributed by atoms with E-state index in [2.05, 4.69) is 0 Å². The number of rotatable bonds is 5. The van der Waals surface area contributed by atoms with E-state index in [1.165, 1.54) is 4.90 Å². The molecule has 1 heterocycles. The van der Waals surface area contributed by atoms with Gasteiger partial charge in [0.05, 0.1) is 11.4 Å². The number of benzene rings is 4. The molecular formula is C31H24N2O4. The predicted octanol–water partition coefficient (Wildman–Crippen LogP) is 5.53. The number of nitrogens with zero attached hydrogens (tertiary/aromatic N) is 2. The first-order valence-electron chi connectivity index (χ1n) is 12.1. The van der Waals surface area contributed by atoms with Gasteiger partial charge in [0.15, 0.2) is 5.78 Å². The number of amides is 3. The molecule has 4 aromatic rings. The van der Waals surface area contributed by atoms with Crippen molar-refractivity contribution in [3.63, 3.8) is 0 Å². The minimum Gasteiger partial charge on any atom is -0.294 e. The molecular weight excluding hydrogens is 464 g/mol. The lowest BCUT2D eigenvalue weighted by Gasteiger charge is -2.40. The highest BCUT2D eigenvalue weighted by atomic mass is 16.2. The van der Waals surface area contributed by atoms with Gasteiger partial charge < -0.3 is 0 Å². The van der Waals surface area contributed by atoms with Gasteiger partial charge in [0.2, 0.25) is 0 Å². The summed E-state index contributed by atoms with van der Waals surface area (Å²) in [5, 5.41) is 0. The van der Waals surface area contributed by atoms with E-state index in [9.17, 15) is 19.2 Å². The highest BCUT2D eigenvalue weighted by Gasteiger charge is 2.43. The van der Waals surface area contributed by atoms with Crippen molar-refractivity contribution in [2.24, 2.45) is 0 Å². The highest BCUT2D eigenvalue weighted by Crippen LogP contribution is 2.40. The van der Waals surface area contributed by atoms with Crippen molar-refractivity contribution in [3.8, 4) is 0 Å². The number of carbonyl (C=O) groups is 4. The fourth-order valence-electron chi connectivity index (χ4n) is 4.60. The number of carbonyl (C=O) groups excluding carboxylic acids is 4. The quantitative estimate of drug-likeness (QED) is 0.273. The van der Waals surface area contributed by atoms with Crippen LogP contribution in [0, 0.1) is 0 Å². The number of anilines is 2. The smallest absolute Gasteiger partial charge is 0.265 e. The van der Waals surface area contributed by atoms with Crippen LogP contribution < -0.4 is 9.80 Å². The molecule has 0 radical (unpaired) electrons. The third-order valence-electron chi connectivity index (χ3n) is 6.44. The standard InChI is InChI=1S/C31H24N2O4/c1-2-25-31(37)33(30(36)23-16-10-5-11-17-23)26-19-18-24(28(34)21-12-6-3-7-13-21)20-27(26)32(25)29(35)22-14-8-4-9-15-22/h3-20,25H,2H2,1H3/t25-/m1/s1. The summed E-state index contributed by atoms with van der Waals surface area (Å²) in [7, 11) is 0. The zero-order valence-corrected chi connectivity index (χ0v) is 20.2. The van der Waals surface area contributed by atoms with Gasteiger partial charge in [-0.1, -0.05) is 73.7 Å². The normalized spacial score (nSPS) is 14.7. The van der Waals surface area contributed by atoms with Crippen molar-refractivity contribution in [2.45, 2.75) is 19.4 Å². The molecule has 6 nitrogen and oxygen atoms in total. The number of hydrogen-bond donors (Lipinski definition) is 0. The van der Waals surface area contributed by atoms with Gasteiger partial charge in [-0.3, -0.25) is 24.1 Å². The van der Waals surface area contributed by atoms with Crippen molar-refractivity contribution < 1.29 is 19.2 Å². The minimum absolute atomic E-state index is 0.221. The number of imide groups is 1. The third-order valence-corrected chi connectivity index (χ3v) is 6.44. The van der Waals surface area contributed by atoms with Crippen LogP contribution in [0.4, 0.5) is 11.4 Å². The molecule has 0 aromatic heterocycles. The molecule has 5 rings (SSSR count). The molecule has 0 saturated carbocycles. The summed E-state index contributed by atoms with van der Waals surface area (Å²) < 4.78 is 0. The van der Waals surface area contributed by atoms with Gasteiger partial charge in [-0.15, -0.1) is 0 Å². The maximum Gasteiger partial charge on any atom is 0.265 e. The van der Waals surface area contributed by atoms with Crippen molar-refractivity contribution in [1.82, 2.24) is 0 Å². The molecule has 6 heteroatoms. The van der Waals surface area contributed by atoms with E-state index < -0.39 is 17.9 Å². The lowest BCUT2D eigenvalue weighted by molar-refractivity contribution is -0.119. The molecule has 37 heavy (non-hydrogen) atoms. The maximum absolute atomic E-state index is 13.8. The maximum atomic E-state index is 13.8. The molecule has 1 aliphatic heterocycles.